The van der Waals surface area contributed by atoms with E-state index in [0.717, 1.165) is 16.8 Å². The number of rotatable bonds is 3. The second-order valence-corrected chi connectivity index (χ2v) is 6.10. The minimum atomic E-state index is -0.549. The van der Waals surface area contributed by atoms with Gasteiger partial charge in [-0.1, -0.05) is 20.8 Å². The van der Waals surface area contributed by atoms with Crippen LogP contribution in [0.15, 0.2) is 18.6 Å². The van der Waals surface area contributed by atoms with Crippen LogP contribution in [0.25, 0.3) is 0 Å². The molecule has 104 valence electrons. The summed E-state index contributed by atoms with van der Waals surface area (Å²) in [5.41, 5.74) is 2.80. The first-order valence-corrected chi connectivity index (χ1v) is 6.47. The van der Waals surface area contributed by atoms with E-state index in [4.69, 9.17) is 0 Å². The molecule has 0 aliphatic rings. The molecule has 0 bridgehead atoms. The molecule has 2 aromatic rings. The second-order valence-electron chi connectivity index (χ2n) is 6.10. The summed E-state index contributed by atoms with van der Waals surface area (Å²) in [5, 5.41) is 19.1. The van der Waals surface area contributed by atoms with Crippen LogP contribution in [0.3, 0.4) is 0 Å². The Morgan fingerprint density at radius 2 is 1.89 bits per heavy atom. The smallest absolute Gasteiger partial charge is 0.0864 e. The number of nitrogens with zero attached hydrogens (tertiary/aromatic N) is 4. The van der Waals surface area contributed by atoms with Crippen molar-refractivity contribution < 1.29 is 5.11 Å². The zero-order valence-electron chi connectivity index (χ0n) is 12.3. The Hall–Kier alpha value is -1.62. The van der Waals surface area contributed by atoms with Crippen molar-refractivity contribution in [3.05, 3.63) is 35.4 Å². The Morgan fingerprint density at radius 1 is 1.21 bits per heavy atom. The lowest BCUT2D eigenvalue weighted by atomic mass is 9.87. The third-order valence-electron chi connectivity index (χ3n) is 3.11. The van der Waals surface area contributed by atoms with Crippen molar-refractivity contribution in [3.63, 3.8) is 0 Å². The summed E-state index contributed by atoms with van der Waals surface area (Å²) in [5.74, 6) is 0. The Morgan fingerprint density at radius 3 is 2.42 bits per heavy atom. The molecule has 5 heteroatoms. The van der Waals surface area contributed by atoms with Crippen LogP contribution in [-0.2, 0) is 25.9 Å². The van der Waals surface area contributed by atoms with Gasteiger partial charge in [-0.25, -0.2) is 0 Å². The molecule has 1 atom stereocenters. The van der Waals surface area contributed by atoms with E-state index in [1.807, 2.05) is 26.5 Å². The Bertz CT molecular complexity index is 562. The number of aliphatic hydroxyl groups excluding tert-OH is 1. The number of aliphatic hydroxyl groups is 1. The van der Waals surface area contributed by atoms with Crippen LogP contribution in [-0.4, -0.2) is 24.7 Å². The quantitative estimate of drug-likeness (QED) is 0.916. The van der Waals surface area contributed by atoms with Crippen molar-refractivity contribution >= 4 is 0 Å². The van der Waals surface area contributed by atoms with E-state index < -0.39 is 6.10 Å². The molecule has 0 radical (unpaired) electrons. The molecule has 2 rings (SSSR count). The third kappa shape index (κ3) is 3.04. The van der Waals surface area contributed by atoms with Gasteiger partial charge in [-0.05, 0) is 5.56 Å². The van der Waals surface area contributed by atoms with Gasteiger partial charge in [-0.2, -0.15) is 10.2 Å². The molecule has 2 heterocycles. The molecule has 0 saturated heterocycles. The fourth-order valence-electron chi connectivity index (χ4n) is 2.24. The summed E-state index contributed by atoms with van der Waals surface area (Å²) >= 11 is 0. The molecular weight excluding hydrogens is 240 g/mol. The van der Waals surface area contributed by atoms with Crippen LogP contribution in [0.1, 0.15) is 43.7 Å². The topological polar surface area (TPSA) is 55.9 Å². The van der Waals surface area contributed by atoms with Crippen LogP contribution < -0.4 is 0 Å². The summed E-state index contributed by atoms with van der Waals surface area (Å²) in [6, 6.07) is 0. The highest BCUT2D eigenvalue weighted by Crippen LogP contribution is 2.29. The summed E-state index contributed by atoms with van der Waals surface area (Å²) in [6.45, 7) is 6.32. The lowest BCUT2D eigenvalue weighted by Gasteiger charge is -2.19. The minimum Gasteiger partial charge on any atom is -0.388 e. The molecule has 0 aromatic carbocycles. The third-order valence-corrected chi connectivity index (χ3v) is 3.11. The number of aromatic nitrogens is 4. The lowest BCUT2D eigenvalue weighted by molar-refractivity contribution is 0.176. The normalized spacial score (nSPS) is 13.8. The van der Waals surface area contributed by atoms with Gasteiger partial charge in [0.25, 0.3) is 0 Å². The van der Waals surface area contributed by atoms with Gasteiger partial charge in [0, 0.05) is 43.9 Å². The van der Waals surface area contributed by atoms with Crippen LogP contribution in [0, 0.1) is 0 Å². The monoisotopic (exact) mass is 262 g/mol. The highest BCUT2D eigenvalue weighted by atomic mass is 16.3. The Balaban J connectivity index is 2.26. The van der Waals surface area contributed by atoms with E-state index in [1.165, 1.54) is 0 Å². The van der Waals surface area contributed by atoms with Crippen LogP contribution in [0.4, 0.5) is 0 Å². The molecule has 0 fully saturated rings. The zero-order chi connectivity index (χ0) is 14.2. The standard InChI is InChI=1S/C14H22N4O/c1-14(2,3)13-11(9-18(5)16-13)12(19)6-10-7-15-17(4)8-10/h7-9,12,19H,6H2,1-5H3. The fraction of sp³-hybridized carbons (Fsp3) is 0.571. The molecule has 1 unspecified atom stereocenters. The predicted molar refractivity (Wildman–Crippen MR) is 73.8 cm³/mol. The predicted octanol–water partition coefficient (Wildman–Crippen LogP) is 1.73. The molecule has 5 nitrogen and oxygen atoms in total. The Kier molecular flexibility index (Phi) is 3.49. The molecule has 0 amide bonds. The first-order valence-electron chi connectivity index (χ1n) is 6.47. The molecule has 0 aliphatic carbocycles. The van der Waals surface area contributed by atoms with Gasteiger partial charge in [-0.3, -0.25) is 9.36 Å². The van der Waals surface area contributed by atoms with Gasteiger partial charge in [0.05, 0.1) is 18.0 Å². The number of aryl methyl sites for hydroxylation is 2. The van der Waals surface area contributed by atoms with Gasteiger partial charge in [0.15, 0.2) is 0 Å². The average Bonchev–Trinajstić information content (AvgIpc) is 2.84. The van der Waals surface area contributed by atoms with Gasteiger partial charge in [-0.15, -0.1) is 0 Å². The summed E-state index contributed by atoms with van der Waals surface area (Å²) in [6.07, 6.45) is 5.63. The maximum Gasteiger partial charge on any atom is 0.0864 e. The molecule has 0 aliphatic heterocycles. The molecule has 1 N–H and O–H groups in total. The van der Waals surface area contributed by atoms with Crippen LogP contribution in [0.2, 0.25) is 0 Å². The molecule has 0 spiro atoms. The maximum absolute atomic E-state index is 10.5. The summed E-state index contributed by atoms with van der Waals surface area (Å²) in [4.78, 5) is 0. The zero-order valence-corrected chi connectivity index (χ0v) is 12.3. The summed E-state index contributed by atoms with van der Waals surface area (Å²) < 4.78 is 3.51. The first kappa shape index (κ1) is 13.8. The minimum absolute atomic E-state index is 0.0769. The van der Waals surface area contributed by atoms with Crippen LogP contribution >= 0.6 is 0 Å². The van der Waals surface area contributed by atoms with Gasteiger partial charge in [0.1, 0.15) is 0 Å². The second kappa shape index (κ2) is 4.81. The van der Waals surface area contributed by atoms with Gasteiger partial charge < -0.3 is 5.11 Å². The molecule has 2 aromatic heterocycles. The first-order chi connectivity index (χ1) is 8.77. The van der Waals surface area contributed by atoms with E-state index in [-0.39, 0.29) is 5.41 Å². The average molecular weight is 262 g/mol. The van der Waals surface area contributed by atoms with Crippen molar-refractivity contribution in [1.29, 1.82) is 0 Å². The highest BCUT2D eigenvalue weighted by Gasteiger charge is 2.25. The van der Waals surface area contributed by atoms with E-state index >= 15 is 0 Å². The molecular formula is C14H22N4O. The van der Waals surface area contributed by atoms with Crippen molar-refractivity contribution in [2.45, 2.75) is 38.7 Å². The molecule has 19 heavy (non-hydrogen) atoms. The van der Waals surface area contributed by atoms with E-state index in [0.29, 0.717) is 6.42 Å². The van der Waals surface area contributed by atoms with E-state index in [2.05, 4.69) is 31.0 Å². The van der Waals surface area contributed by atoms with Crippen molar-refractivity contribution in [2.75, 3.05) is 0 Å². The van der Waals surface area contributed by atoms with Crippen molar-refractivity contribution in [1.82, 2.24) is 19.6 Å². The summed E-state index contributed by atoms with van der Waals surface area (Å²) in [7, 11) is 3.76. The maximum atomic E-state index is 10.5. The number of hydrogen-bond donors (Lipinski definition) is 1. The SMILES string of the molecule is Cn1cc(CC(O)c2cn(C)nc2C(C)(C)C)cn1. The number of hydrogen-bond acceptors (Lipinski definition) is 3. The van der Waals surface area contributed by atoms with Crippen molar-refractivity contribution in [3.8, 4) is 0 Å². The van der Waals surface area contributed by atoms with E-state index in [1.54, 1.807) is 15.6 Å². The van der Waals surface area contributed by atoms with E-state index in [9.17, 15) is 5.11 Å². The highest BCUT2D eigenvalue weighted by molar-refractivity contribution is 5.27. The Labute approximate surface area is 113 Å². The van der Waals surface area contributed by atoms with Gasteiger partial charge in [0.2, 0.25) is 0 Å². The molecule has 0 saturated carbocycles. The fourth-order valence-corrected chi connectivity index (χ4v) is 2.24. The lowest BCUT2D eigenvalue weighted by Crippen LogP contribution is -2.16. The van der Waals surface area contributed by atoms with Crippen LogP contribution in [0.5, 0.6) is 0 Å². The van der Waals surface area contributed by atoms with Gasteiger partial charge >= 0.3 is 0 Å². The van der Waals surface area contributed by atoms with Crippen molar-refractivity contribution in [2.24, 2.45) is 14.1 Å². The largest absolute Gasteiger partial charge is 0.388 e.